The molecule has 12 aliphatic heterocycles. The van der Waals surface area contributed by atoms with Crippen molar-refractivity contribution in [2.24, 2.45) is 0 Å². The van der Waals surface area contributed by atoms with Crippen molar-refractivity contribution < 1.29 is 69.0 Å². The van der Waals surface area contributed by atoms with Gasteiger partial charge in [0, 0.05) is 131 Å². The Bertz CT molecular complexity index is 4060. The number of hydroxylamine groups is 8. The highest BCUT2D eigenvalue weighted by Crippen LogP contribution is 2.43. The Morgan fingerprint density at radius 3 is 1.02 bits per heavy atom. The second kappa shape index (κ2) is 37.5. The zero-order valence-electron chi connectivity index (χ0n) is 59.0. The van der Waals surface area contributed by atoms with Gasteiger partial charge in [0.1, 0.15) is 37.4 Å². The normalized spacial score (nSPS) is 25.1. The van der Waals surface area contributed by atoms with Crippen LogP contribution in [0, 0.1) is 0 Å². The first-order chi connectivity index (χ1) is 50.9. The SMILES string of the molecule is C.C.C.C.C.C.CN1CCN(c2nnc([C@@H]3CC[C@@H]4CN3C(=O)N4O)o2)CC1.CN1CCN(c2nnc([C@@H]3CC[C@@H]4CN3C(=O)N4OCc3ccccc3)o2)CC1.CN1CCN(c2nnc([C@@H]3CC[C@@H]4CN3C(=O)N4OS(=O)(=O)O)o2)CC1.O=C1N2C[C@@H](CC[C@H]2c2nnc(N3CCNCC3)o2)N1OCc1ccccc1. The Balaban J connectivity index is 0.000000168. The zero-order chi connectivity index (χ0) is 72.5. The third kappa shape index (κ3) is 19.0. The molecular formula is C71H114N24O15S. The van der Waals surface area contributed by atoms with E-state index in [0.29, 0.717) is 98.4 Å². The molecule has 16 heterocycles. The summed E-state index contributed by atoms with van der Waals surface area (Å²) in [6.45, 7) is 17.0. The number of hydrogen-bond donors (Lipinski definition) is 3. The molecule has 12 fully saturated rings. The van der Waals surface area contributed by atoms with Crippen LogP contribution in [0.1, 0.15) is 155 Å². The van der Waals surface area contributed by atoms with Gasteiger partial charge in [-0.25, -0.2) is 24.2 Å². The molecule has 18 rings (SSSR count). The number of piperidine rings is 4. The highest BCUT2D eigenvalue weighted by molar-refractivity contribution is 7.80. The summed E-state index contributed by atoms with van der Waals surface area (Å²) in [5.41, 5.74) is 2.09. The molecule has 39 nitrogen and oxygen atoms in total. The summed E-state index contributed by atoms with van der Waals surface area (Å²) in [4.78, 5) is 83.7. The smallest absolute Gasteiger partial charge is 0.406 e. The van der Waals surface area contributed by atoms with Gasteiger partial charge in [0.05, 0.1) is 24.2 Å². The lowest BCUT2D eigenvalue weighted by Gasteiger charge is -2.31. The number of fused-ring (bicyclic) bond motifs is 8. The molecule has 40 heteroatoms. The van der Waals surface area contributed by atoms with Gasteiger partial charge in [-0.1, -0.05) is 126 Å². The molecule has 2 aromatic carbocycles. The van der Waals surface area contributed by atoms with Crippen molar-refractivity contribution in [3.63, 3.8) is 0 Å². The molecule has 8 amide bonds. The molecule has 0 radical (unpaired) electrons. The molecule has 6 aromatic rings. The molecule has 0 spiro atoms. The van der Waals surface area contributed by atoms with Crippen LogP contribution in [0.25, 0.3) is 0 Å². The Labute approximate surface area is 650 Å². The van der Waals surface area contributed by atoms with E-state index in [1.807, 2.05) is 65.6 Å². The zero-order valence-corrected chi connectivity index (χ0v) is 59.8. The lowest BCUT2D eigenvalue weighted by molar-refractivity contribution is -0.140. The van der Waals surface area contributed by atoms with E-state index in [1.165, 1.54) is 15.0 Å². The minimum absolute atomic E-state index is 0. The first-order valence-corrected chi connectivity index (χ1v) is 37.5. The number of likely N-dealkylation sites (N-methyl/N-ethyl adjacent to an activating group) is 3. The highest BCUT2D eigenvalue weighted by Gasteiger charge is 2.52. The molecule has 0 unspecified atom stereocenters. The molecule has 4 aromatic heterocycles. The van der Waals surface area contributed by atoms with E-state index in [2.05, 4.69) is 101 Å². The van der Waals surface area contributed by atoms with Crippen molar-refractivity contribution in [3.05, 3.63) is 95.4 Å². The summed E-state index contributed by atoms with van der Waals surface area (Å²) in [6.07, 6.45) is 5.81. The Kier molecular flexibility index (Phi) is 29.0. The number of rotatable bonds is 16. The van der Waals surface area contributed by atoms with Crippen LogP contribution in [0.15, 0.2) is 78.3 Å². The van der Waals surface area contributed by atoms with E-state index in [0.717, 1.165) is 159 Å². The Morgan fingerprint density at radius 2 is 0.685 bits per heavy atom. The first kappa shape index (κ1) is 85.9. The van der Waals surface area contributed by atoms with E-state index >= 15 is 0 Å². The molecule has 8 atom stereocenters. The van der Waals surface area contributed by atoms with Crippen molar-refractivity contribution in [3.8, 4) is 0 Å². The number of urea groups is 4. The number of benzene rings is 2. The number of hydrogen-bond acceptors (Lipinski definition) is 30. The van der Waals surface area contributed by atoms with Crippen LogP contribution >= 0.6 is 0 Å². The van der Waals surface area contributed by atoms with Crippen LogP contribution in [-0.2, 0) is 37.6 Å². The maximum atomic E-state index is 13.0. The van der Waals surface area contributed by atoms with Gasteiger partial charge in [0.15, 0.2) is 0 Å². The van der Waals surface area contributed by atoms with Gasteiger partial charge < -0.3 is 76.9 Å². The summed E-state index contributed by atoms with van der Waals surface area (Å²) in [7, 11) is 1.49. The Morgan fingerprint density at radius 1 is 0.396 bits per heavy atom. The second-order valence-corrected chi connectivity index (χ2v) is 29.4. The molecule has 12 aliphatic rings. The van der Waals surface area contributed by atoms with Crippen LogP contribution in [0.2, 0.25) is 0 Å². The predicted molar refractivity (Wildman–Crippen MR) is 407 cm³/mol. The van der Waals surface area contributed by atoms with Crippen LogP contribution in [-0.4, -0.2) is 314 Å². The van der Waals surface area contributed by atoms with Crippen LogP contribution in [0.3, 0.4) is 0 Å². The molecule has 111 heavy (non-hydrogen) atoms. The number of nitrogens with one attached hydrogen (secondary N) is 1. The van der Waals surface area contributed by atoms with Crippen molar-refractivity contribution in [2.45, 2.75) is 157 Å². The third-order valence-corrected chi connectivity index (χ3v) is 21.8. The average Bonchev–Trinajstić information content (AvgIpc) is 1.64. The molecule has 8 bridgehead atoms. The third-order valence-electron chi connectivity index (χ3n) is 21.5. The van der Waals surface area contributed by atoms with Crippen molar-refractivity contribution in [2.75, 3.05) is 172 Å². The summed E-state index contributed by atoms with van der Waals surface area (Å²) >= 11 is 0. The van der Waals surface area contributed by atoms with Gasteiger partial charge in [-0.3, -0.25) is 19.4 Å². The topological polar surface area (TPSA) is 387 Å². The summed E-state index contributed by atoms with van der Waals surface area (Å²) < 4.78 is 58.7. The number of aromatic nitrogens is 8. The molecule has 12 saturated heterocycles. The Hall–Kier alpha value is -9.13. The lowest BCUT2D eigenvalue weighted by Crippen LogP contribution is -2.44. The lowest BCUT2D eigenvalue weighted by atomic mass is 10.0. The van der Waals surface area contributed by atoms with Gasteiger partial charge in [-0.2, -0.15) is 23.6 Å². The number of anilines is 4. The molecule has 614 valence electrons. The standard InChI is InChI=1S/C20H26N6O3.C19H24N6O3.C13H20N6O6S.C13H20N6O3.6CH4/c1-23-9-11-24(12-10-23)19-22-21-18(29-19)17-8-7-16-13-25(17)20(27)26(16)28-14-15-5-3-2-4-6-15;26-19-24-12-15(25(19)27-13-14-4-2-1-3-5-14)6-7-16(24)17-21-22-18(28-17)23-10-8-20-9-11-23;1-16-4-6-17(7-5-16)12-15-14-11(24-12)10-3-2-9-8-18(10)13(20)19(9)25-26(21,22)23;1-16-4-6-17(7-5-16)12-15-14-11(22-12)10-3-2-9-8-18(10)13(20)19(9)21;;;;;;/h2-6,16-17H,7-14H2,1H3;1-5,15-16,20H,6-13H2;9-10H,2-8H2,1H3,(H,21,22,23);9-10,21H,2-8H2,1H3;6*1H4/t16-,17+;15-,16+;2*9-,10+;;;;;;/m1111....../s1. The fraction of sp³-hybridized carbons (Fsp3) is 0.662. The average molecular weight is 1580 g/mol. The van der Waals surface area contributed by atoms with E-state index in [-0.39, 0.29) is 105 Å². The maximum absolute atomic E-state index is 13.0. The van der Waals surface area contributed by atoms with Gasteiger partial charge in [-0.05, 0) is 83.6 Å². The van der Waals surface area contributed by atoms with Gasteiger partial charge in [0.2, 0.25) is 23.6 Å². The number of carbonyl (C=O) groups excluding carboxylic acids is 4. The molecule has 0 saturated carbocycles. The largest absolute Gasteiger partial charge is 0.418 e. The van der Waals surface area contributed by atoms with Gasteiger partial charge >= 0.3 is 58.6 Å². The second-order valence-electron chi connectivity index (χ2n) is 28.4. The number of carbonyl (C=O) groups is 4. The van der Waals surface area contributed by atoms with Gasteiger partial charge in [-0.15, -0.1) is 24.7 Å². The van der Waals surface area contributed by atoms with E-state index < -0.39 is 28.5 Å². The number of piperazine rings is 4. The minimum atomic E-state index is -4.76. The highest BCUT2D eigenvalue weighted by atomic mass is 32.3. The molecular weight excluding hydrogens is 1460 g/mol. The fourth-order valence-corrected chi connectivity index (χ4v) is 15.7. The number of amides is 8. The summed E-state index contributed by atoms with van der Waals surface area (Å²) in [5.74, 6) is 1.83. The predicted octanol–water partition coefficient (Wildman–Crippen LogP) is 6.91. The fourth-order valence-electron chi connectivity index (χ4n) is 15.3. The summed E-state index contributed by atoms with van der Waals surface area (Å²) in [6, 6.07) is 19.1. The van der Waals surface area contributed by atoms with Crippen molar-refractivity contribution in [1.82, 2.24) is 101 Å². The molecule has 3 N–H and O–H groups in total. The van der Waals surface area contributed by atoms with Crippen LogP contribution < -0.4 is 24.9 Å². The van der Waals surface area contributed by atoms with E-state index in [9.17, 15) is 32.8 Å². The monoisotopic (exact) mass is 1570 g/mol. The van der Waals surface area contributed by atoms with Crippen molar-refractivity contribution >= 4 is 58.6 Å². The molecule has 0 aliphatic carbocycles. The number of nitrogens with zero attached hydrogens (tertiary/aromatic N) is 23. The van der Waals surface area contributed by atoms with Crippen LogP contribution in [0.4, 0.5) is 43.2 Å². The quantitative estimate of drug-likeness (QED) is 0.0654. The van der Waals surface area contributed by atoms with Gasteiger partial charge in [0.25, 0.3) is 0 Å². The van der Waals surface area contributed by atoms with Crippen molar-refractivity contribution in [1.29, 1.82) is 0 Å². The summed E-state index contributed by atoms with van der Waals surface area (Å²) in [5, 5.41) is 51.1. The first-order valence-electron chi connectivity index (χ1n) is 36.1. The van der Waals surface area contributed by atoms with Crippen LogP contribution in [0.5, 0.6) is 0 Å². The van der Waals surface area contributed by atoms with E-state index in [4.69, 9.17) is 31.9 Å². The van der Waals surface area contributed by atoms with E-state index in [1.54, 1.807) is 14.7 Å². The maximum Gasteiger partial charge on any atom is 0.418 e. The minimum Gasteiger partial charge on any atom is -0.406 e.